The Labute approximate surface area is 171 Å². The number of halogens is 5. The van der Waals surface area contributed by atoms with Crippen LogP contribution in [-0.2, 0) is 6.18 Å². The number of hydrazine groups is 1. The van der Waals surface area contributed by atoms with Gasteiger partial charge in [0.1, 0.15) is 28.5 Å². The lowest BCUT2D eigenvalue weighted by molar-refractivity contribution is -0.141. The number of carbonyl (C=O) groups excluding carboxylic acids is 2. The quantitative estimate of drug-likeness (QED) is 0.473. The monoisotopic (exact) mass is 442 g/mol. The van der Waals surface area contributed by atoms with Crippen molar-refractivity contribution < 1.29 is 31.7 Å². The summed E-state index contributed by atoms with van der Waals surface area (Å²) in [4.78, 5) is 27.7. The third-order valence-electron chi connectivity index (χ3n) is 3.90. The van der Waals surface area contributed by atoms with Gasteiger partial charge in [-0.2, -0.15) is 13.2 Å². The molecule has 156 valence electrons. The molecule has 0 fully saturated rings. The summed E-state index contributed by atoms with van der Waals surface area (Å²) in [6, 6.07) is 5.40. The van der Waals surface area contributed by atoms with Crippen molar-refractivity contribution in [3.63, 3.8) is 0 Å². The summed E-state index contributed by atoms with van der Waals surface area (Å²) >= 11 is 5.99. The summed E-state index contributed by atoms with van der Waals surface area (Å²) in [7, 11) is 0. The number of alkyl halides is 3. The van der Waals surface area contributed by atoms with E-state index in [2.05, 4.69) is 15.6 Å². The number of hydrogen-bond donors (Lipinski definition) is 2. The lowest BCUT2D eigenvalue weighted by Gasteiger charge is -2.09. The summed E-state index contributed by atoms with van der Waals surface area (Å²) in [5.41, 5.74) is 2.15. The van der Waals surface area contributed by atoms with Crippen molar-refractivity contribution in [3.05, 3.63) is 69.9 Å². The third-order valence-corrected chi connectivity index (χ3v) is 4.21. The first kappa shape index (κ1) is 21.2. The molecular formula is C18H11ClF4N4O3. The van der Waals surface area contributed by atoms with Gasteiger partial charge in [0, 0.05) is 6.20 Å². The molecule has 2 N–H and O–H groups in total. The van der Waals surface area contributed by atoms with E-state index in [1.165, 1.54) is 19.1 Å². The fourth-order valence-electron chi connectivity index (χ4n) is 2.48. The molecule has 1 aromatic carbocycles. The molecule has 2 heterocycles. The predicted octanol–water partition coefficient (Wildman–Crippen LogP) is 3.93. The topological polar surface area (TPSA) is 97.1 Å². The SMILES string of the molecule is Cc1onc(-c2c(F)cccc2Cl)c1C(=O)NNC(=O)c1ccc(C(F)(F)F)nc1. The summed E-state index contributed by atoms with van der Waals surface area (Å²) in [6.45, 7) is 1.39. The highest BCUT2D eigenvalue weighted by Gasteiger charge is 2.32. The molecule has 0 aliphatic heterocycles. The zero-order chi connectivity index (χ0) is 22.1. The number of carbonyl (C=O) groups is 2. The van der Waals surface area contributed by atoms with Gasteiger partial charge in [0.2, 0.25) is 0 Å². The van der Waals surface area contributed by atoms with Crippen molar-refractivity contribution in [2.75, 3.05) is 0 Å². The van der Waals surface area contributed by atoms with Gasteiger partial charge in [-0.05, 0) is 31.2 Å². The number of amides is 2. The molecule has 30 heavy (non-hydrogen) atoms. The Hall–Kier alpha value is -3.47. The number of rotatable bonds is 3. The van der Waals surface area contributed by atoms with Crippen molar-refractivity contribution in [2.24, 2.45) is 0 Å². The predicted molar refractivity (Wildman–Crippen MR) is 95.8 cm³/mol. The van der Waals surface area contributed by atoms with Gasteiger partial charge in [0.15, 0.2) is 0 Å². The van der Waals surface area contributed by atoms with Crippen LogP contribution in [0.5, 0.6) is 0 Å². The lowest BCUT2D eigenvalue weighted by Crippen LogP contribution is -2.42. The van der Waals surface area contributed by atoms with Gasteiger partial charge in [0.05, 0.1) is 16.1 Å². The first-order chi connectivity index (χ1) is 14.1. The number of aromatic nitrogens is 2. The van der Waals surface area contributed by atoms with Gasteiger partial charge < -0.3 is 4.52 Å². The van der Waals surface area contributed by atoms with E-state index < -0.39 is 29.5 Å². The molecule has 2 amide bonds. The minimum absolute atomic E-state index is 0.0165. The van der Waals surface area contributed by atoms with Crippen molar-refractivity contribution in [3.8, 4) is 11.3 Å². The van der Waals surface area contributed by atoms with Crippen LogP contribution >= 0.6 is 11.6 Å². The van der Waals surface area contributed by atoms with Crippen LogP contribution < -0.4 is 10.9 Å². The summed E-state index contributed by atoms with van der Waals surface area (Å²) in [5, 5.41) is 3.64. The Morgan fingerprint density at radius 2 is 1.80 bits per heavy atom. The maximum absolute atomic E-state index is 14.2. The first-order valence-electron chi connectivity index (χ1n) is 8.14. The Bertz CT molecular complexity index is 1090. The Balaban J connectivity index is 1.78. The molecule has 0 saturated heterocycles. The Morgan fingerprint density at radius 3 is 2.40 bits per heavy atom. The minimum Gasteiger partial charge on any atom is -0.360 e. The number of pyridine rings is 1. The molecule has 0 atom stereocenters. The molecule has 0 bridgehead atoms. The van der Waals surface area contributed by atoms with Crippen LogP contribution in [0.4, 0.5) is 17.6 Å². The van der Waals surface area contributed by atoms with Crippen molar-refractivity contribution in [2.45, 2.75) is 13.1 Å². The highest BCUT2D eigenvalue weighted by molar-refractivity contribution is 6.33. The zero-order valence-electron chi connectivity index (χ0n) is 15.0. The molecule has 0 radical (unpaired) electrons. The van der Waals surface area contributed by atoms with Crippen LogP contribution in [0.2, 0.25) is 5.02 Å². The largest absolute Gasteiger partial charge is 0.433 e. The van der Waals surface area contributed by atoms with Gasteiger partial charge in [0.25, 0.3) is 11.8 Å². The van der Waals surface area contributed by atoms with Gasteiger partial charge in [-0.15, -0.1) is 0 Å². The summed E-state index contributed by atoms with van der Waals surface area (Å²) in [6.07, 6.45) is -3.95. The maximum atomic E-state index is 14.2. The van der Waals surface area contributed by atoms with Gasteiger partial charge in [-0.25, -0.2) is 4.39 Å². The molecule has 3 rings (SSSR count). The zero-order valence-corrected chi connectivity index (χ0v) is 15.7. The molecule has 7 nitrogen and oxygen atoms in total. The van der Waals surface area contributed by atoms with E-state index in [0.29, 0.717) is 12.3 Å². The van der Waals surface area contributed by atoms with Gasteiger partial charge in [-0.3, -0.25) is 25.4 Å². The van der Waals surface area contributed by atoms with E-state index in [0.717, 1.165) is 12.1 Å². The standard InChI is InChI=1S/C18H11ClF4N4O3/c1-8-13(15(27-30-8)14-10(19)3-2-4-11(14)20)17(29)26-25-16(28)9-5-6-12(24-7-9)18(21,22)23/h2-7H,1H3,(H,25,28)(H,26,29). The number of hydrogen-bond acceptors (Lipinski definition) is 5. The molecule has 0 unspecified atom stereocenters. The Kier molecular flexibility index (Phi) is 5.74. The van der Waals surface area contributed by atoms with E-state index in [-0.39, 0.29) is 33.2 Å². The van der Waals surface area contributed by atoms with Crippen LogP contribution in [0, 0.1) is 12.7 Å². The first-order valence-corrected chi connectivity index (χ1v) is 8.52. The highest BCUT2D eigenvalue weighted by Crippen LogP contribution is 2.33. The molecule has 12 heteroatoms. The van der Waals surface area contributed by atoms with Crippen LogP contribution in [0.1, 0.15) is 32.2 Å². The molecule has 0 aliphatic carbocycles. The minimum atomic E-state index is -4.65. The highest BCUT2D eigenvalue weighted by atomic mass is 35.5. The normalized spacial score (nSPS) is 11.3. The molecule has 3 aromatic rings. The molecular weight excluding hydrogens is 432 g/mol. The van der Waals surface area contributed by atoms with Crippen LogP contribution in [-0.4, -0.2) is 22.0 Å². The fraction of sp³-hybridized carbons (Fsp3) is 0.111. The number of nitrogens with zero attached hydrogens (tertiary/aromatic N) is 2. The van der Waals surface area contributed by atoms with E-state index in [1.807, 2.05) is 5.43 Å². The fourth-order valence-corrected chi connectivity index (χ4v) is 2.73. The number of aryl methyl sites for hydroxylation is 1. The third kappa shape index (κ3) is 4.25. The summed E-state index contributed by atoms with van der Waals surface area (Å²) in [5.74, 6) is -2.56. The smallest absolute Gasteiger partial charge is 0.360 e. The second-order valence-corrected chi connectivity index (χ2v) is 6.30. The molecule has 0 aliphatic rings. The second kappa shape index (κ2) is 8.11. The van der Waals surface area contributed by atoms with Crippen molar-refractivity contribution in [1.82, 2.24) is 21.0 Å². The average molecular weight is 443 g/mol. The Morgan fingerprint density at radius 1 is 1.10 bits per heavy atom. The van der Waals surface area contributed by atoms with E-state index in [1.54, 1.807) is 0 Å². The van der Waals surface area contributed by atoms with Crippen molar-refractivity contribution in [1.29, 1.82) is 0 Å². The van der Waals surface area contributed by atoms with Gasteiger partial charge >= 0.3 is 6.18 Å². The van der Waals surface area contributed by atoms with E-state index in [9.17, 15) is 27.2 Å². The van der Waals surface area contributed by atoms with E-state index in [4.69, 9.17) is 16.1 Å². The van der Waals surface area contributed by atoms with Gasteiger partial charge in [-0.1, -0.05) is 22.8 Å². The second-order valence-electron chi connectivity index (χ2n) is 5.90. The molecule has 0 saturated carbocycles. The lowest BCUT2D eigenvalue weighted by atomic mass is 10.1. The maximum Gasteiger partial charge on any atom is 0.433 e. The van der Waals surface area contributed by atoms with Crippen LogP contribution in [0.25, 0.3) is 11.3 Å². The number of nitrogens with one attached hydrogen (secondary N) is 2. The van der Waals surface area contributed by atoms with Crippen LogP contribution in [0.3, 0.4) is 0 Å². The number of benzene rings is 1. The molecule has 2 aromatic heterocycles. The summed E-state index contributed by atoms with van der Waals surface area (Å²) < 4.78 is 56.7. The average Bonchev–Trinajstić information content (AvgIpc) is 3.06. The van der Waals surface area contributed by atoms with Crippen LogP contribution in [0.15, 0.2) is 41.1 Å². The van der Waals surface area contributed by atoms with Crippen molar-refractivity contribution >= 4 is 23.4 Å². The molecule has 0 spiro atoms. The van der Waals surface area contributed by atoms with E-state index >= 15 is 0 Å².